The summed E-state index contributed by atoms with van der Waals surface area (Å²) in [5, 5.41) is 12.2. The molecule has 2 aromatic rings. The van der Waals surface area contributed by atoms with Gasteiger partial charge in [0.05, 0.1) is 12.2 Å². The van der Waals surface area contributed by atoms with E-state index in [1.807, 2.05) is 30.3 Å². The first-order valence-corrected chi connectivity index (χ1v) is 10.1. The minimum absolute atomic E-state index is 0. The van der Waals surface area contributed by atoms with E-state index in [9.17, 15) is 19.5 Å². The molecule has 0 radical (unpaired) electrons. The van der Waals surface area contributed by atoms with Crippen molar-refractivity contribution in [2.45, 2.75) is 38.8 Å². The lowest BCUT2D eigenvalue weighted by atomic mass is 10.0. The van der Waals surface area contributed by atoms with Crippen LogP contribution >= 0.6 is 24.8 Å². The van der Waals surface area contributed by atoms with Gasteiger partial charge in [-0.05, 0) is 44.4 Å². The summed E-state index contributed by atoms with van der Waals surface area (Å²) in [5.41, 5.74) is 1.66. The first-order chi connectivity index (χ1) is 14.9. The summed E-state index contributed by atoms with van der Waals surface area (Å²) >= 11 is 0. The largest absolute Gasteiger partial charge is 0.477 e. The van der Waals surface area contributed by atoms with Crippen LogP contribution in [0.4, 0.5) is 0 Å². The molecule has 0 aliphatic heterocycles. The molecular formula is C23H30Cl2N3O5+. The van der Waals surface area contributed by atoms with Gasteiger partial charge < -0.3 is 9.84 Å². The zero-order valence-corrected chi connectivity index (χ0v) is 20.2. The van der Waals surface area contributed by atoms with E-state index in [1.54, 1.807) is 32.2 Å². The third-order valence-electron chi connectivity index (χ3n) is 4.54. The molecule has 0 aliphatic carbocycles. The maximum Gasteiger partial charge on any atom is 0.404 e. The van der Waals surface area contributed by atoms with Crippen molar-refractivity contribution in [1.82, 2.24) is 10.3 Å². The number of hydrogen-bond acceptors (Lipinski definition) is 6. The molecule has 180 valence electrons. The number of pyridine rings is 1. The number of aryl methyl sites for hydroxylation is 1. The van der Waals surface area contributed by atoms with Crippen LogP contribution in [0.5, 0.6) is 0 Å². The molecule has 1 amide bonds. The molecule has 2 rings (SSSR count). The number of aromatic nitrogens is 1. The molecule has 2 N–H and O–H groups in total. The molecule has 1 aromatic carbocycles. The van der Waals surface area contributed by atoms with Crippen LogP contribution in [0.1, 0.15) is 31.4 Å². The third kappa shape index (κ3) is 10.6. The van der Waals surface area contributed by atoms with E-state index in [0.717, 1.165) is 10.1 Å². The number of carboxylic acids is 1. The van der Waals surface area contributed by atoms with Gasteiger partial charge in [0.2, 0.25) is 6.54 Å². The van der Waals surface area contributed by atoms with E-state index >= 15 is 0 Å². The molecular weight excluding hydrogens is 469 g/mol. The van der Waals surface area contributed by atoms with Crippen LogP contribution < -0.4 is 5.32 Å². The number of carboxylic acid groups (broad SMARTS) is 1. The van der Waals surface area contributed by atoms with Gasteiger partial charge in [-0.2, -0.15) is 4.58 Å². The maximum absolute atomic E-state index is 13.0. The van der Waals surface area contributed by atoms with E-state index in [-0.39, 0.29) is 31.4 Å². The lowest BCUT2D eigenvalue weighted by Crippen LogP contribution is -2.50. The number of ether oxygens (including phenoxy) is 1. The smallest absolute Gasteiger partial charge is 0.404 e. The summed E-state index contributed by atoms with van der Waals surface area (Å²) in [6, 6.07) is 11.6. The number of carbonyl (C=O) groups is 3. The number of nitrogens with one attached hydrogen (secondary N) is 1. The Kier molecular flexibility index (Phi) is 14.6. The third-order valence-corrected chi connectivity index (χ3v) is 4.54. The van der Waals surface area contributed by atoms with Crippen LogP contribution in [0.2, 0.25) is 0 Å². The number of aliphatic carboxylic acids is 1. The first kappa shape index (κ1) is 30.2. The van der Waals surface area contributed by atoms with Crippen molar-refractivity contribution < 1.29 is 28.8 Å². The molecule has 0 fully saturated rings. The van der Waals surface area contributed by atoms with Gasteiger partial charge >= 0.3 is 17.8 Å². The highest BCUT2D eigenvalue weighted by Gasteiger charge is 2.31. The summed E-state index contributed by atoms with van der Waals surface area (Å²) in [4.78, 5) is 40.7. The van der Waals surface area contributed by atoms with Crippen LogP contribution in [0.3, 0.4) is 0 Å². The van der Waals surface area contributed by atoms with Gasteiger partial charge in [0.15, 0.2) is 6.21 Å². The van der Waals surface area contributed by atoms with E-state index in [4.69, 9.17) is 4.74 Å². The SMILES string of the molecule is CCOC(=O)[C@H](CCc1ccccc1)N[C@@H](C)C(=O)[N+](=Cc1cccnc1)CC(=O)O.Cl.Cl. The second-order valence-electron chi connectivity index (χ2n) is 6.99. The normalized spacial score (nSPS) is 12.5. The maximum atomic E-state index is 13.0. The number of amides is 1. The molecule has 1 aromatic heterocycles. The molecule has 8 nitrogen and oxygen atoms in total. The number of esters is 1. The molecule has 0 bridgehead atoms. The molecule has 2 atom stereocenters. The summed E-state index contributed by atoms with van der Waals surface area (Å²) < 4.78 is 6.26. The standard InChI is InChI=1S/C23H27N3O5.2ClH/c1-3-31-23(30)20(12-11-18-8-5-4-6-9-18)25-17(2)22(29)26(16-21(27)28)15-19-10-7-13-24-14-19;;/h4-10,13-15,17,20,25H,3,11-12,16H2,1-2H3;2*1H/p+1/t17-,20-;;/m0../s1. The van der Waals surface area contributed by atoms with Gasteiger partial charge in [-0.25, -0.2) is 9.59 Å². The molecule has 0 spiro atoms. The van der Waals surface area contributed by atoms with Crippen LogP contribution in [-0.4, -0.2) is 64.0 Å². The Hall–Kier alpha value is -2.81. The van der Waals surface area contributed by atoms with E-state index < -0.39 is 36.5 Å². The lowest BCUT2D eigenvalue weighted by Gasteiger charge is -2.20. The van der Waals surface area contributed by atoms with Crippen molar-refractivity contribution in [2.24, 2.45) is 0 Å². The number of halogens is 2. The van der Waals surface area contributed by atoms with Gasteiger partial charge in [0, 0.05) is 12.4 Å². The van der Waals surface area contributed by atoms with Gasteiger partial charge in [0.1, 0.15) is 12.1 Å². The second-order valence-corrected chi connectivity index (χ2v) is 6.99. The Morgan fingerprint density at radius 1 is 1.15 bits per heavy atom. The van der Waals surface area contributed by atoms with Gasteiger partial charge in [-0.1, -0.05) is 30.3 Å². The Morgan fingerprint density at radius 3 is 2.42 bits per heavy atom. The van der Waals surface area contributed by atoms with Crippen molar-refractivity contribution >= 4 is 48.9 Å². The van der Waals surface area contributed by atoms with Crippen LogP contribution in [-0.2, 0) is 25.5 Å². The minimum atomic E-state index is -1.15. The number of nitrogens with zero attached hydrogens (tertiary/aromatic N) is 2. The highest BCUT2D eigenvalue weighted by Crippen LogP contribution is 2.08. The van der Waals surface area contributed by atoms with Crippen LogP contribution in [0, 0.1) is 0 Å². The highest BCUT2D eigenvalue weighted by molar-refractivity contribution is 5.86. The fraction of sp³-hybridized carbons (Fsp3) is 0.348. The quantitative estimate of drug-likeness (QED) is 0.278. The molecule has 0 saturated heterocycles. The van der Waals surface area contributed by atoms with Crippen molar-refractivity contribution in [3.63, 3.8) is 0 Å². The van der Waals surface area contributed by atoms with E-state index in [1.165, 1.54) is 12.4 Å². The molecule has 33 heavy (non-hydrogen) atoms. The van der Waals surface area contributed by atoms with Crippen molar-refractivity contribution in [3.8, 4) is 0 Å². The molecule has 0 saturated carbocycles. The minimum Gasteiger partial charge on any atom is -0.477 e. The predicted molar refractivity (Wildman–Crippen MR) is 129 cm³/mol. The van der Waals surface area contributed by atoms with Crippen LogP contribution in [0.25, 0.3) is 0 Å². The molecule has 10 heteroatoms. The summed E-state index contributed by atoms with van der Waals surface area (Å²) in [6.45, 7) is 3.04. The monoisotopic (exact) mass is 498 g/mol. The Balaban J connectivity index is 0.00000512. The average Bonchev–Trinajstić information content (AvgIpc) is 2.76. The summed E-state index contributed by atoms with van der Waals surface area (Å²) in [6.07, 6.45) is 5.61. The summed E-state index contributed by atoms with van der Waals surface area (Å²) in [7, 11) is 0. The number of hydrogen-bond donors (Lipinski definition) is 2. The van der Waals surface area contributed by atoms with Crippen LogP contribution in [0.15, 0.2) is 54.9 Å². The topological polar surface area (TPSA) is 109 Å². The average molecular weight is 499 g/mol. The zero-order chi connectivity index (χ0) is 22.6. The summed E-state index contributed by atoms with van der Waals surface area (Å²) in [5.74, 6) is -2.06. The molecule has 0 aliphatic rings. The number of benzene rings is 1. The van der Waals surface area contributed by atoms with E-state index in [2.05, 4.69) is 10.3 Å². The van der Waals surface area contributed by atoms with Gasteiger partial charge in [-0.3, -0.25) is 15.1 Å². The number of rotatable bonds is 11. The highest BCUT2D eigenvalue weighted by atomic mass is 35.5. The second kappa shape index (κ2) is 15.9. The van der Waals surface area contributed by atoms with E-state index in [0.29, 0.717) is 18.4 Å². The Labute approximate surface area is 205 Å². The first-order valence-electron chi connectivity index (χ1n) is 10.1. The zero-order valence-electron chi connectivity index (χ0n) is 18.5. The van der Waals surface area contributed by atoms with Crippen molar-refractivity contribution in [3.05, 3.63) is 66.0 Å². The van der Waals surface area contributed by atoms with Crippen molar-refractivity contribution in [1.29, 1.82) is 0 Å². The fourth-order valence-corrected chi connectivity index (χ4v) is 3.05. The predicted octanol–water partition coefficient (Wildman–Crippen LogP) is 2.51. The van der Waals surface area contributed by atoms with Gasteiger partial charge in [0.25, 0.3) is 0 Å². The van der Waals surface area contributed by atoms with Gasteiger partial charge in [-0.15, -0.1) is 24.8 Å². The lowest BCUT2D eigenvalue weighted by molar-refractivity contribution is -0.437. The fourth-order valence-electron chi connectivity index (χ4n) is 3.05. The Bertz CT molecular complexity index is 911. The number of carbonyl (C=O) groups excluding carboxylic acids is 2. The Morgan fingerprint density at radius 2 is 1.85 bits per heavy atom. The van der Waals surface area contributed by atoms with Crippen molar-refractivity contribution in [2.75, 3.05) is 13.2 Å². The molecule has 0 unspecified atom stereocenters. The molecule has 1 heterocycles.